The Morgan fingerprint density at radius 3 is 3.26 bits per heavy atom. The van der Waals surface area contributed by atoms with Crippen LogP contribution < -0.4 is 10.6 Å². The fourth-order valence-corrected chi connectivity index (χ4v) is 2.13. The molecular formula is C13H22N4O2. The molecule has 1 aliphatic rings. The molecule has 2 N–H and O–H groups in total. The van der Waals surface area contributed by atoms with Gasteiger partial charge in [0.1, 0.15) is 0 Å². The van der Waals surface area contributed by atoms with E-state index in [2.05, 4.69) is 15.7 Å². The molecule has 1 saturated heterocycles. The maximum atomic E-state index is 11.6. The molecule has 0 bridgehead atoms. The van der Waals surface area contributed by atoms with Crippen LogP contribution in [0.4, 0.5) is 5.69 Å². The number of nitrogens with zero attached hydrogens (tertiary/aromatic N) is 2. The molecule has 1 amide bonds. The molecule has 2 rings (SSSR count). The fraction of sp³-hybridized carbons (Fsp3) is 0.692. The summed E-state index contributed by atoms with van der Waals surface area (Å²) in [6.07, 6.45) is 6.49. The van der Waals surface area contributed by atoms with E-state index in [0.717, 1.165) is 38.2 Å². The Kier molecular flexibility index (Phi) is 5.35. The molecule has 0 saturated carbocycles. The van der Waals surface area contributed by atoms with E-state index in [1.54, 1.807) is 6.20 Å². The smallest absolute Gasteiger partial charge is 0.225 e. The average molecular weight is 266 g/mol. The number of ether oxygens (including phenoxy) is 1. The van der Waals surface area contributed by atoms with Gasteiger partial charge in [-0.25, -0.2) is 0 Å². The van der Waals surface area contributed by atoms with Gasteiger partial charge >= 0.3 is 0 Å². The number of hydrogen-bond acceptors (Lipinski definition) is 4. The van der Waals surface area contributed by atoms with Crippen molar-refractivity contribution in [3.05, 3.63) is 12.4 Å². The minimum Gasteiger partial charge on any atom is -0.376 e. The summed E-state index contributed by atoms with van der Waals surface area (Å²) >= 11 is 0. The van der Waals surface area contributed by atoms with Gasteiger partial charge in [-0.3, -0.25) is 9.48 Å². The van der Waals surface area contributed by atoms with Crippen LogP contribution in [0.2, 0.25) is 0 Å². The van der Waals surface area contributed by atoms with Crippen molar-refractivity contribution < 1.29 is 9.53 Å². The third-order valence-electron chi connectivity index (χ3n) is 3.11. The third kappa shape index (κ3) is 4.65. The molecular weight excluding hydrogens is 244 g/mol. The van der Waals surface area contributed by atoms with Crippen molar-refractivity contribution in [2.24, 2.45) is 0 Å². The lowest BCUT2D eigenvalue weighted by Crippen LogP contribution is -2.21. The summed E-state index contributed by atoms with van der Waals surface area (Å²) in [5, 5.41) is 10.2. The van der Waals surface area contributed by atoms with Crippen LogP contribution in [0.5, 0.6) is 0 Å². The summed E-state index contributed by atoms with van der Waals surface area (Å²) in [6.45, 7) is 5.21. The molecule has 2 heterocycles. The minimum absolute atomic E-state index is 0.0117. The minimum atomic E-state index is 0.0117. The first-order valence-electron chi connectivity index (χ1n) is 6.92. The van der Waals surface area contributed by atoms with Gasteiger partial charge in [0.05, 0.1) is 24.5 Å². The zero-order valence-corrected chi connectivity index (χ0v) is 11.4. The molecule has 1 atom stereocenters. The summed E-state index contributed by atoms with van der Waals surface area (Å²) in [7, 11) is 0. The van der Waals surface area contributed by atoms with Gasteiger partial charge < -0.3 is 15.4 Å². The predicted molar refractivity (Wildman–Crippen MR) is 73.0 cm³/mol. The van der Waals surface area contributed by atoms with E-state index in [1.807, 2.05) is 17.8 Å². The molecule has 6 nitrogen and oxygen atoms in total. The van der Waals surface area contributed by atoms with E-state index >= 15 is 0 Å². The van der Waals surface area contributed by atoms with E-state index in [0.29, 0.717) is 13.0 Å². The van der Waals surface area contributed by atoms with Crippen molar-refractivity contribution in [2.75, 3.05) is 25.0 Å². The van der Waals surface area contributed by atoms with Crippen LogP contribution in [-0.2, 0) is 16.1 Å². The maximum absolute atomic E-state index is 11.6. The van der Waals surface area contributed by atoms with Crippen molar-refractivity contribution in [1.82, 2.24) is 15.1 Å². The number of hydrogen-bond donors (Lipinski definition) is 2. The van der Waals surface area contributed by atoms with Gasteiger partial charge in [0.15, 0.2) is 0 Å². The van der Waals surface area contributed by atoms with Crippen molar-refractivity contribution >= 4 is 11.6 Å². The Morgan fingerprint density at radius 2 is 2.53 bits per heavy atom. The van der Waals surface area contributed by atoms with Crippen LogP contribution >= 0.6 is 0 Å². The largest absolute Gasteiger partial charge is 0.376 e. The molecule has 1 aromatic heterocycles. The van der Waals surface area contributed by atoms with Crippen LogP contribution in [0.25, 0.3) is 0 Å². The first-order chi connectivity index (χ1) is 9.28. The second-order valence-electron chi connectivity index (χ2n) is 4.74. The number of aromatic nitrogens is 2. The van der Waals surface area contributed by atoms with Gasteiger partial charge in [0.25, 0.3) is 0 Å². The lowest BCUT2D eigenvalue weighted by Gasteiger charge is -2.08. The van der Waals surface area contributed by atoms with Crippen LogP contribution in [0.3, 0.4) is 0 Å². The van der Waals surface area contributed by atoms with Crippen LogP contribution in [0.1, 0.15) is 26.2 Å². The SMILES string of the molecule is CCNCCC(=O)Nc1cnn(CC2CCCO2)c1. The van der Waals surface area contributed by atoms with E-state index in [-0.39, 0.29) is 12.0 Å². The summed E-state index contributed by atoms with van der Waals surface area (Å²) < 4.78 is 7.39. The fourth-order valence-electron chi connectivity index (χ4n) is 2.13. The third-order valence-corrected chi connectivity index (χ3v) is 3.11. The van der Waals surface area contributed by atoms with Crippen molar-refractivity contribution in [3.8, 4) is 0 Å². The Hall–Kier alpha value is -1.40. The number of anilines is 1. The lowest BCUT2D eigenvalue weighted by molar-refractivity contribution is -0.116. The normalized spacial score (nSPS) is 18.7. The zero-order valence-electron chi connectivity index (χ0n) is 11.4. The summed E-state index contributed by atoms with van der Waals surface area (Å²) in [6, 6.07) is 0. The number of rotatable bonds is 7. The van der Waals surface area contributed by atoms with E-state index in [1.165, 1.54) is 0 Å². The second-order valence-corrected chi connectivity index (χ2v) is 4.74. The summed E-state index contributed by atoms with van der Waals surface area (Å²) in [5.74, 6) is 0.0117. The Labute approximate surface area is 113 Å². The monoisotopic (exact) mass is 266 g/mol. The molecule has 0 aliphatic carbocycles. The van der Waals surface area contributed by atoms with E-state index in [9.17, 15) is 4.79 Å². The predicted octanol–water partition coefficient (Wildman–Crippen LogP) is 1.00. The van der Waals surface area contributed by atoms with Crippen molar-refractivity contribution in [3.63, 3.8) is 0 Å². The summed E-state index contributed by atoms with van der Waals surface area (Å²) in [4.78, 5) is 11.6. The van der Waals surface area contributed by atoms with Crippen molar-refractivity contribution in [2.45, 2.75) is 38.8 Å². The summed E-state index contributed by atoms with van der Waals surface area (Å²) in [5.41, 5.74) is 0.750. The molecule has 0 aromatic carbocycles. The van der Waals surface area contributed by atoms with Crippen molar-refractivity contribution in [1.29, 1.82) is 0 Å². The highest BCUT2D eigenvalue weighted by atomic mass is 16.5. The zero-order chi connectivity index (χ0) is 13.5. The molecule has 19 heavy (non-hydrogen) atoms. The number of amides is 1. The number of nitrogens with one attached hydrogen (secondary N) is 2. The Balaban J connectivity index is 1.75. The first kappa shape index (κ1) is 14.0. The molecule has 1 fully saturated rings. The standard InChI is InChI=1S/C13H22N4O2/c1-2-14-6-5-13(18)16-11-8-15-17(9-11)10-12-4-3-7-19-12/h8-9,12,14H,2-7,10H2,1H3,(H,16,18). The van der Waals surface area contributed by atoms with Gasteiger partial charge in [0, 0.05) is 25.8 Å². The number of carbonyl (C=O) groups excluding carboxylic acids is 1. The first-order valence-corrected chi connectivity index (χ1v) is 6.92. The molecule has 1 aromatic rings. The highest BCUT2D eigenvalue weighted by Crippen LogP contribution is 2.14. The maximum Gasteiger partial charge on any atom is 0.225 e. The average Bonchev–Trinajstić information content (AvgIpc) is 3.02. The highest BCUT2D eigenvalue weighted by molar-refractivity contribution is 5.90. The van der Waals surface area contributed by atoms with Gasteiger partial charge in [-0.15, -0.1) is 0 Å². The molecule has 1 aliphatic heterocycles. The van der Waals surface area contributed by atoms with Crippen LogP contribution in [0.15, 0.2) is 12.4 Å². The van der Waals surface area contributed by atoms with Gasteiger partial charge in [-0.2, -0.15) is 5.10 Å². The van der Waals surface area contributed by atoms with Gasteiger partial charge in [-0.1, -0.05) is 6.92 Å². The highest BCUT2D eigenvalue weighted by Gasteiger charge is 2.16. The second kappa shape index (κ2) is 7.25. The van der Waals surface area contributed by atoms with Crippen LogP contribution in [-0.4, -0.2) is 41.5 Å². The quantitative estimate of drug-likeness (QED) is 0.722. The Morgan fingerprint density at radius 1 is 1.63 bits per heavy atom. The molecule has 106 valence electrons. The molecule has 6 heteroatoms. The molecule has 0 spiro atoms. The van der Waals surface area contributed by atoms with E-state index in [4.69, 9.17) is 4.74 Å². The Bertz CT molecular complexity index is 399. The molecule has 0 radical (unpaired) electrons. The van der Waals surface area contributed by atoms with E-state index < -0.39 is 0 Å². The topological polar surface area (TPSA) is 68.2 Å². The molecule has 1 unspecified atom stereocenters. The van der Waals surface area contributed by atoms with Crippen LogP contribution in [0, 0.1) is 0 Å². The van der Waals surface area contributed by atoms with Gasteiger partial charge in [0.2, 0.25) is 5.91 Å². The lowest BCUT2D eigenvalue weighted by atomic mass is 10.2. The van der Waals surface area contributed by atoms with Gasteiger partial charge in [-0.05, 0) is 19.4 Å². The number of carbonyl (C=O) groups is 1.